The van der Waals surface area contributed by atoms with Crippen molar-refractivity contribution in [3.63, 3.8) is 0 Å². The van der Waals surface area contributed by atoms with E-state index in [1.165, 1.54) is 0 Å². The SMILES string of the molecule is COc1ccc(Oc2ccc(/C=C3\SC(N)=NC3=O)cc2OC)cc1. The molecular formula is C18H16N2O4S. The third-order valence-corrected chi connectivity index (χ3v) is 4.22. The third kappa shape index (κ3) is 3.95. The molecule has 0 aliphatic carbocycles. The van der Waals surface area contributed by atoms with Gasteiger partial charge in [-0.25, -0.2) is 0 Å². The molecule has 6 nitrogen and oxygen atoms in total. The lowest BCUT2D eigenvalue weighted by Gasteiger charge is -2.11. The van der Waals surface area contributed by atoms with Gasteiger partial charge in [0.2, 0.25) is 0 Å². The first-order chi connectivity index (χ1) is 12.1. The predicted octanol–water partition coefficient (Wildman–Crippen LogP) is 3.43. The Morgan fingerprint density at radius 1 is 1.00 bits per heavy atom. The van der Waals surface area contributed by atoms with E-state index in [2.05, 4.69) is 4.99 Å². The van der Waals surface area contributed by atoms with Crippen molar-refractivity contribution in [2.75, 3.05) is 14.2 Å². The Hall–Kier alpha value is -2.93. The molecule has 0 radical (unpaired) electrons. The summed E-state index contributed by atoms with van der Waals surface area (Å²) < 4.78 is 16.4. The zero-order valence-corrected chi connectivity index (χ0v) is 14.5. The van der Waals surface area contributed by atoms with Crippen LogP contribution in [0.25, 0.3) is 6.08 Å². The average molecular weight is 356 g/mol. The normalized spacial score (nSPS) is 15.2. The molecule has 0 atom stereocenters. The number of nitrogens with zero attached hydrogens (tertiary/aromatic N) is 1. The van der Waals surface area contributed by atoms with E-state index in [0.717, 1.165) is 23.1 Å². The molecule has 0 saturated heterocycles. The molecule has 1 aliphatic heterocycles. The molecular weight excluding hydrogens is 340 g/mol. The maximum atomic E-state index is 11.7. The second-order valence-electron chi connectivity index (χ2n) is 5.05. The Labute approximate surface area is 149 Å². The van der Waals surface area contributed by atoms with Crippen LogP contribution in [0.3, 0.4) is 0 Å². The summed E-state index contributed by atoms with van der Waals surface area (Å²) in [6, 6.07) is 12.6. The fourth-order valence-electron chi connectivity index (χ4n) is 2.21. The van der Waals surface area contributed by atoms with Crippen LogP contribution in [-0.2, 0) is 4.79 Å². The van der Waals surface area contributed by atoms with Crippen molar-refractivity contribution in [3.05, 3.63) is 52.9 Å². The molecule has 2 aromatic rings. The number of benzene rings is 2. The molecule has 25 heavy (non-hydrogen) atoms. The molecule has 0 fully saturated rings. The molecule has 128 valence electrons. The Morgan fingerprint density at radius 3 is 2.32 bits per heavy atom. The van der Waals surface area contributed by atoms with Gasteiger partial charge in [0.15, 0.2) is 16.7 Å². The minimum absolute atomic E-state index is 0.252. The van der Waals surface area contributed by atoms with Crippen LogP contribution in [0, 0.1) is 0 Å². The lowest BCUT2D eigenvalue weighted by molar-refractivity contribution is -0.113. The Balaban J connectivity index is 1.82. The van der Waals surface area contributed by atoms with Gasteiger partial charge in [-0.1, -0.05) is 6.07 Å². The molecule has 0 spiro atoms. The molecule has 1 amide bonds. The lowest BCUT2D eigenvalue weighted by atomic mass is 10.2. The molecule has 3 rings (SSSR count). The number of carbonyl (C=O) groups excluding carboxylic acids is 1. The van der Waals surface area contributed by atoms with Gasteiger partial charge in [-0.15, -0.1) is 0 Å². The highest BCUT2D eigenvalue weighted by Gasteiger charge is 2.19. The number of amides is 1. The molecule has 2 N–H and O–H groups in total. The number of methoxy groups -OCH3 is 2. The molecule has 0 aromatic heterocycles. The number of amidine groups is 1. The van der Waals surface area contributed by atoms with E-state index in [-0.39, 0.29) is 11.1 Å². The van der Waals surface area contributed by atoms with E-state index in [0.29, 0.717) is 22.2 Å². The van der Waals surface area contributed by atoms with Gasteiger partial charge in [-0.3, -0.25) is 4.79 Å². The second-order valence-corrected chi connectivity index (χ2v) is 6.12. The topological polar surface area (TPSA) is 83.1 Å². The van der Waals surface area contributed by atoms with Crippen LogP contribution in [0.1, 0.15) is 5.56 Å². The molecule has 1 heterocycles. The van der Waals surface area contributed by atoms with Crippen LogP contribution < -0.4 is 19.9 Å². The maximum Gasteiger partial charge on any atom is 0.286 e. The number of hydrogen-bond acceptors (Lipinski definition) is 6. The summed E-state index contributed by atoms with van der Waals surface area (Å²) in [6.07, 6.45) is 1.72. The highest BCUT2D eigenvalue weighted by molar-refractivity contribution is 8.18. The van der Waals surface area contributed by atoms with Crippen LogP contribution >= 0.6 is 11.8 Å². The van der Waals surface area contributed by atoms with Crippen molar-refractivity contribution >= 4 is 28.9 Å². The van der Waals surface area contributed by atoms with Crippen LogP contribution in [-0.4, -0.2) is 25.3 Å². The van der Waals surface area contributed by atoms with E-state index in [9.17, 15) is 4.79 Å². The summed E-state index contributed by atoms with van der Waals surface area (Å²) in [6.45, 7) is 0. The van der Waals surface area contributed by atoms with Gasteiger partial charge in [-0.2, -0.15) is 4.99 Å². The van der Waals surface area contributed by atoms with Crippen LogP contribution in [0.4, 0.5) is 0 Å². The fraction of sp³-hybridized carbons (Fsp3) is 0.111. The summed E-state index contributed by atoms with van der Waals surface area (Å²) in [4.78, 5) is 15.8. The number of carbonyl (C=O) groups is 1. The van der Waals surface area contributed by atoms with Crippen LogP contribution in [0.15, 0.2) is 52.4 Å². The van der Waals surface area contributed by atoms with E-state index in [1.54, 1.807) is 32.4 Å². The van der Waals surface area contributed by atoms with Crippen LogP contribution in [0.5, 0.6) is 23.0 Å². The first-order valence-corrected chi connectivity index (χ1v) is 8.18. The second kappa shape index (κ2) is 7.31. The number of thioether (sulfide) groups is 1. The summed E-state index contributed by atoms with van der Waals surface area (Å²) in [5.74, 6) is 2.19. The van der Waals surface area contributed by atoms with E-state index < -0.39 is 0 Å². The first kappa shape index (κ1) is 16.9. The molecule has 7 heteroatoms. The van der Waals surface area contributed by atoms with Crippen molar-refractivity contribution in [1.82, 2.24) is 0 Å². The van der Waals surface area contributed by atoms with E-state index in [1.807, 2.05) is 30.3 Å². The Morgan fingerprint density at radius 2 is 1.72 bits per heavy atom. The largest absolute Gasteiger partial charge is 0.497 e. The van der Waals surface area contributed by atoms with E-state index >= 15 is 0 Å². The number of ether oxygens (including phenoxy) is 3. The number of aliphatic imine (C=N–C) groups is 1. The summed E-state index contributed by atoms with van der Waals surface area (Å²) in [5.41, 5.74) is 6.35. The summed E-state index contributed by atoms with van der Waals surface area (Å²) >= 11 is 1.15. The zero-order chi connectivity index (χ0) is 17.8. The minimum atomic E-state index is -0.333. The van der Waals surface area contributed by atoms with Gasteiger partial charge in [0.25, 0.3) is 5.91 Å². The standard InChI is InChI=1S/C18H16N2O4S/c1-22-12-4-6-13(7-5-12)24-14-8-3-11(9-15(14)23-2)10-16-17(21)20-18(19)25-16/h3-10H,1-2H3,(H2,19,20,21)/b16-10-. The molecule has 2 aromatic carbocycles. The highest BCUT2D eigenvalue weighted by atomic mass is 32.2. The van der Waals surface area contributed by atoms with Crippen molar-refractivity contribution in [2.45, 2.75) is 0 Å². The number of nitrogens with two attached hydrogens (primary N) is 1. The Kier molecular flexibility index (Phi) is 4.95. The molecule has 0 bridgehead atoms. The lowest BCUT2D eigenvalue weighted by Crippen LogP contribution is -2.01. The smallest absolute Gasteiger partial charge is 0.286 e. The maximum absolute atomic E-state index is 11.7. The van der Waals surface area contributed by atoms with Gasteiger partial charge in [0, 0.05) is 0 Å². The van der Waals surface area contributed by atoms with Gasteiger partial charge in [-0.05, 0) is 59.8 Å². The van der Waals surface area contributed by atoms with Gasteiger partial charge in [0.1, 0.15) is 11.5 Å². The number of hydrogen-bond donors (Lipinski definition) is 1. The van der Waals surface area contributed by atoms with Crippen molar-refractivity contribution in [3.8, 4) is 23.0 Å². The van der Waals surface area contributed by atoms with Crippen LogP contribution in [0.2, 0.25) is 0 Å². The average Bonchev–Trinajstić information content (AvgIpc) is 2.94. The van der Waals surface area contributed by atoms with Crippen molar-refractivity contribution in [2.24, 2.45) is 10.7 Å². The van der Waals surface area contributed by atoms with Gasteiger partial charge >= 0.3 is 0 Å². The highest BCUT2D eigenvalue weighted by Crippen LogP contribution is 2.34. The Bertz CT molecular complexity index is 860. The van der Waals surface area contributed by atoms with Crippen molar-refractivity contribution in [1.29, 1.82) is 0 Å². The molecule has 1 aliphatic rings. The molecule has 0 saturated carbocycles. The minimum Gasteiger partial charge on any atom is -0.497 e. The van der Waals surface area contributed by atoms with Gasteiger partial charge < -0.3 is 19.9 Å². The monoisotopic (exact) mass is 356 g/mol. The van der Waals surface area contributed by atoms with Gasteiger partial charge in [0.05, 0.1) is 19.1 Å². The first-order valence-electron chi connectivity index (χ1n) is 7.37. The summed E-state index contributed by atoms with van der Waals surface area (Å²) in [7, 11) is 3.17. The molecule has 0 unspecified atom stereocenters. The predicted molar refractivity (Wildman–Crippen MR) is 98.3 cm³/mol. The summed E-state index contributed by atoms with van der Waals surface area (Å²) in [5, 5.41) is 0.252. The number of rotatable bonds is 5. The van der Waals surface area contributed by atoms with E-state index in [4.69, 9.17) is 19.9 Å². The zero-order valence-electron chi connectivity index (χ0n) is 13.7. The quantitative estimate of drug-likeness (QED) is 0.827. The fourth-order valence-corrected chi connectivity index (χ4v) is 2.89. The third-order valence-electron chi connectivity index (χ3n) is 3.41. The van der Waals surface area contributed by atoms with Crippen molar-refractivity contribution < 1.29 is 19.0 Å².